The van der Waals surface area contributed by atoms with Gasteiger partial charge in [-0.2, -0.15) is 0 Å². The maximum Gasteiger partial charge on any atom is 0.264 e. The zero-order valence-corrected chi connectivity index (χ0v) is 15.8. The Hall–Kier alpha value is -3.46. The van der Waals surface area contributed by atoms with Gasteiger partial charge in [0.25, 0.3) is 15.9 Å². The smallest absolute Gasteiger partial charge is 0.264 e. The first-order chi connectivity index (χ1) is 13.5. The first-order valence-electron chi connectivity index (χ1n) is 8.42. The van der Waals surface area contributed by atoms with Crippen LogP contribution in [0.5, 0.6) is 5.75 Å². The minimum Gasteiger partial charge on any atom is -0.494 e. The van der Waals surface area contributed by atoms with Gasteiger partial charge in [0.05, 0.1) is 11.5 Å². The van der Waals surface area contributed by atoms with Crippen molar-refractivity contribution in [3.63, 3.8) is 0 Å². The van der Waals surface area contributed by atoms with Crippen LogP contribution in [-0.4, -0.2) is 30.9 Å². The number of carbonyl (C=O) groups excluding carboxylic acids is 1. The summed E-state index contributed by atoms with van der Waals surface area (Å²) in [6.07, 6.45) is 2.87. The summed E-state index contributed by atoms with van der Waals surface area (Å²) in [5, 5.41) is 2.72. The lowest BCUT2D eigenvalue weighted by atomic mass is 10.2. The fourth-order valence-electron chi connectivity index (χ4n) is 2.32. The molecule has 0 aliphatic carbocycles. The lowest BCUT2D eigenvalue weighted by molar-refractivity contribution is 0.102. The van der Waals surface area contributed by atoms with Crippen LogP contribution in [0.25, 0.3) is 0 Å². The van der Waals surface area contributed by atoms with Crippen LogP contribution < -0.4 is 14.8 Å². The van der Waals surface area contributed by atoms with Crippen LogP contribution in [0.1, 0.15) is 17.3 Å². The van der Waals surface area contributed by atoms with Gasteiger partial charge in [0, 0.05) is 23.6 Å². The first kappa shape index (κ1) is 19.3. The van der Waals surface area contributed by atoms with Gasteiger partial charge in [-0.3, -0.25) is 4.79 Å². The zero-order valence-electron chi connectivity index (χ0n) is 15.0. The number of benzene rings is 2. The summed E-state index contributed by atoms with van der Waals surface area (Å²) in [7, 11) is -3.82. The number of ether oxygens (including phenoxy) is 1. The molecule has 0 radical (unpaired) electrons. The number of amides is 1. The van der Waals surface area contributed by atoms with Crippen molar-refractivity contribution in [1.29, 1.82) is 0 Å². The van der Waals surface area contributed by atoms with E-state index in [0.717, 1.165) is 0 Å². The van der Waals surface area contributed by atoms with Crippen LogP contribution >= 0.6 is 0 Å². The fraction of sp³-hybridized carbons (Fsp3) is 0.105. The predicted octanol–water partition coefficient (Wildman–Crippen LogP) is 2.93. The van der Waals surface area contributed by atoms with Crippen molar-refractivity contribution < 1.29 is 17.9 Å². The Labute approximate surface area is 162 Å². The van der Waals surface area contributed by atoms with E-state index in [1.54, 1.807) is 30.3 Å². The number of nitrogens with one attached hydrogen (secondary N) is 2. The van der Waals surface area contributed by atoms with E-state index in [1.165, 1.54) is 36.7 Å². The first-order valence-corrected chi connectivity index (χ1v) is 9.90. The van der Waals surface area contributed by atoms with Crippen LogP contribution in [0.2, 0.25) is 0 Å². The molecule has 2 N–H and O–H groups in total. The number of anilines is 2. The average Bonchev–Trinajstić information content (AvgIpc) is 2.69. The maximum absolute atomic E-state index is 12.4. The molecule has 1 heterocycles. The van der Waals surface area contributed by atoms with Crippen molar-refractivity contribution in [3.05, 3.63) is 72.6 Å². The van der Waals surface area contributed by atoms with Crippen molar-refractivity contribution in [3.8, 4) is 5.75 Å². The monoisotopic (exact) mass is 398 g/mol. The molecular formula is C19H18N4O4S. The molecule has 0 fully saturated rings. The second kappa shape index (κ2) is 8.49. The third kappa shape index (κ3) is 4.83. The van der Waals surface area contributed by atoms with E-state index >= 15 is 0 Å². The molecule has 28 heavy (non-hydrogen) atoms. The Morgan fingerprint density at radius 3 is 2.25 bits per heavy atom. The quantitative estimate of drug-likeness (QED) is 0.633. The summed E-state index contributed by atoms with van der Waals surface area (Å²) in [6.45, 7) is 2.43. The zero-order chi connectivity index (χ0) is 20.0. The van der Waals surface area contributed by atoms with Crippen LogP contribution in [0.3, 0.4) is 0 Å². The summed E-state index contributed by atoms with van der Waals surface area (Å²) in [6, 6.07) is 14.1. The van der Waals surface area contributed by atoms with Gasteiger partial charge in [-0.15, -0.1) is 0 Å². The minimum absolute atomic E-state index is 0.0182. The lowest BCUT2D eigenvalue weighted by Crippen LogP contribution is -2.15. The van der Waals surface area contributed by atoms with Crippen LogP contribution in [0, 0.1) is 0 Å². The average molecular weight is 398 g/mol. The number of carbonyl (C=O) groups is 1. The molecule has 1 aromatic heterocycles. The van der Waals surface area contributed by atoms with Crippen LogP contribution in [-0.2, 0) is 10.0 Å². The van der Waals surface area contributed by atoms with Gasteiger partial charge in [-0.1, -0.05) is 0 Å². The second-order valence-electron chi connectivity index (χ2n) is 5.61. The predicted molar refractivity (Wildman–Crippen MR) is 105 cm³/mol. The van der Waals surface area contributed by atoms with Gasteiger partial charge >= 0.3 is 0 Å². The highest BCUT2D eigenvalue weighted by atomic mass is 32.2. The number of hydrogen-bond donors (Lipinski definition) is 2. The summed E-state index contributed by atoms with van der Waals surface area (Å²) in [5.41, 5.74) is 0.928. The molecule has 0 spiro atoms. The molecule has 0 saturated heterocycles. The van der Waals surface area contributed by atoms with E-state index < -0.39 is 10.0 Å². The molecule has 0 aliphatic rings. The molecule has 0 atom stereocenters. The molecule has 0 aliphatic heterocycles. The SMILES string of the molecule is CCOc1ccc(C(=O)Nc2ccc(S(=O)(=O)Nc3ncccn3)cc2)cc1. The van der Waals surface area contributed by atoms with E-state index in [1.807, 2.05) is 6.92 Å². The van der Waals surface area contributed by atoms with Crippen molar-refractivity contribution in [2.24, 2.45) is 0 Å². The van der Waals surface area contributed by atoms with Crippen molar-refractivity contribution >= 4 is 27.6 Å². The van der Waals surface area contributed by atoms with Gasteiger partial charge in [0.2, 0.25) is 5.95 Å². The largest absolute Gasteiger partial charge is 0.494 e. The van der Waals surface area contributed by atoms with Crippen LogP contribution in [0.4, 0.5) is 11.6 Å². The number of sulfonamides is 1. The van der Waals surface area contributed by atoms with E-state index in [9.17, 15) is 13.2 Å². The number of aromatic nitrogens is 2. The van der Waals surface area contributed by atoms with Crippen molar-refractivity contribution in [2.75, 3.05) is 16.6 Å². The molecule has 144 valence electrons. The van der Waals surface area contributed by atoms with Gasteiger partial charge in [-0.05, 0) is 61.5 Å². The summed E-state index contributed by atoms with van der Waals surface area (Å²) in [4.78, 5) is 20.0. The van der Waals surface area contributed by atoms with E-state index in [2.05, 4.69) is 20.0 Å². The van der Waals surface area contributed by atoms with Gasteiger partial charge in [0.1, 0.15) is 5.75 Å². The van der Waals surface area contributed by atoms with E-state index in [4.69, 9.17) is 4.74 Å². The Morgan fingerprint density at radius 2 is 1.64 bits per heavy atom. The summed E-state index contributed by atoms with van der Waals surface area (Å²) >= 11 is 0. The molecule has 3 aromatic rings. The highest BCUT2D eigenvalue weighted by Crippen LogP contribution is 2.18. The van der Waals surface area contributed by atoms with Crippen molar-refractivity contribution in [2.45, 2.75) is 11.8 Å². The van der Waals surface area contributed by atoms with Gasteiger partial charge < -0.3 is 10.1 Å². The fourth-order valence-corrected chi connectivity index (χ4v) is 3.28. The summed E-state index contributed by atoms with van der Waals surface area (Å²) < 4.78 is 32.3. The molecule has 2 aromatic carbocycles. The molecule has 0 bridgehead atoms. The topological polar surface area (TPSA) is 110 Å². The number of nitrogens with zero attached hydrogens (tertiary/aromatic N) is 2. The number of hydrogen-bond acceptors (Lipinski definition) is 6. The maximum atomic E-state index is 12.4. The third-order valence-corrected chi connectivity index (χ3v) is 4.99. The molecule has 8 nitrogen and oxygen atoms in total. The molecule has 3 rings (SSSR count). The molecule has 0 saturated carbocycles. The Kier molecular flexibility index (Phi) is 5.85. The number of rotatable bonds is 7. The Bertz CT molecular complexity index is 1040. The standard InChI is InChI=1S/C19H18N4O4S/c1-2-27-16-8-4-14(5-9-16)18(24)22-15-6-10-17(11-7-15)28(25,26)23-19-20-12-3-13-21-19/h3-13H,2H2,1H3,(H,22,24)(H,20,21,23). The normalized spacial score (nSPS) is 10.9. The minimum atomic E-state index is -3.82. The molecular weight excluding hydrogens is 380 g/mol. The van der Waals surface area contributed by atoms with E-state index in [-0.39, 0.29) is 16.8 Å². The molecule has 0 unspecified atom stereocenters. The van der Waals surface area contributed by atoms with E-state index in [0.29, 0.717) is 23.6 Å². The third-order valence-electron chi connectivity index (χ3n) is 3.64. The lowest BCUT2D eigenvalue weighted by Gasteiger charge is -2.09. The Morgan fingerprint density at radius 1 is 1.00 bits per heavy atom. The second-order valence-corrected chi connectivity index (χ2v) is 7.30. The Balaban J connectivity index is 1.67. The molecule has 1 amide bonds. The van der Waals surface area contributed by atoms with Gasteiger partial charge in [0.15, 0.2) is 0 Å². The van der Waals surface area contributed by atoms with Crippen molar-refractivity contribution in [1.82, 2.24) is 9.97 Å². The highest BCUT2D eigenvalue weighted by molar-refractivity contribution is 7.92. The van der Waals surface area contributed by atoms with Gasteiger partial charge in [-0.25, -0.2) is 23.1 Å². The van der Waals surface area contributed by atoms with Crippen LogP contribution in [0.15, 0.2) is 71.9 Å². The summed E-state index contributed by atoms with van der Waals surface area (Å²) in [5.74, 6) is 0.355. The highest BCUT2D eigenvalue weighted by Gasteiger charge is 2.15. The molecule has 9 heteroatoms.